The normalized spacial score (nSPS) is 10.3. The number of rotatable bonds is 5. The molecule has 0 aliphatic carbocycles. The first-order chi connectivity index (χ1) is 10.0. The summed E-state index contributed by atoms with van der Waals surface area (Å²) in [5.41, 5.74) is -1.71. The van der Waals surface area contributed by atoms with Crippen molar-refractivity contribution in [2.24, 2.45) is 0 Å². The number of aromatic nitrogens is 3. The molecule has 2 N–H and O–H groups in total. The minimum absolute atomic E-state index is 0.0792. The topological polar surface area (TPSA) is 123 Å². The molecule has 2 heterocycles. The van der Waals surface area contributed by atoms with Gasteiger partial charge in [-0.1, -0.05) is 6.07 Å². The lowest BCUT2D eigenvalue weighted by atomic mass is 10.3. The summed E-state index contributed by atoms with van der Waals surface area (Å²) in [6.45, 7) is 2.75. The van der Waals surface area contributed by atoms with Crippen LogP contribution in [0.5, 0.6) is 0 Å². The van der Waals surface area contributed by atoms with Gasteiger partial charge in [0.1, 0.15) is 5.82 Å². The minimum Gasteiger partial charge on any atom is -0.370 e. The van der Waals surface area contributed by atoms with Gasteiger partial charge in [0.25, 0.3) is 0 Å². The van der Waals surface area contributed by atoms with E-state index in [9.17, 15) is 19.7 Å². The molecule has 0 saturated heterocycles. The van der Waals surface area contributed by atoms with Crippen LogP contribution in [0.4, 0.5) is 11.5 Å². The highest BCUT2D eigenvalue weighted by Crippen LogP contribution is 2.07. The molecule has 0 aliphatic heterocycles. The lowest BCUT2D eigenvalue weighted by Gasteiger charge is -2.06. The molecule has 0 aromatic carbocycles. The number of nitrogens with zero attached hydrogens (tertiary/aromatic N) is 3. The van der Waals surface area contributed by atoms with Crippen LogP contribution in [0.2, 0.25) is 0 Å². The molecule has 0 bridgehead atoms. The molecule has 2 aromatic heterocycles. The number of nitrogens with one attached hydrogen (secondary N) is 2. The molecule has 0 atom stereocenters. The average Bonchev–Trinajstić information content (AvgIpc) is 2.43. The van der Waals surface area contributed by atoms with Crippen LogP contribution in [0.3, 0.4) is 0 Å². The molecule has 9 nitrogen and oxygen atoms in total. The zero-order valence-corrected chi connectivity index (χ0v) is 11.2. The zero-order chi connectivity index (χ0) is 15.4. The van der Waals surface area contributed by atoms with E-state index in [0.717, 1.165) is 17.3 Å². The van der Waals surface area contributed by atoms with Crippen molar-refractivity contribution in [3.05, 3.63) is 61.0 Å². The molecular formula is C12H13N5O4. The van der Waals surface area contributed by atoms with Gasteiger partial charge in [-0.15, -0.1) is 0 Å². The first kappa shape index (κ1) is 14.4. The molecule has 9 heteroatoms. The van der Waals surface area contributed by atoms with Crippen LogP contribution in [0.25, 0.3) is 0 Å². The fourth-order valence-corrected chi connectivity index (χ4v) is 1.75. The molecule has 0 amide bonds. The third-order valence-corrected chi connectivity index (χ3v) is 2.72. The summed E-state index contributed by atoms with van der Waals surface area (Å²) in [4.78, 5) is 38.8. The number of hydrogen-bond acceptors (Lipinski definition) is 6. The molecule has 0 fully saturated rings. The van der Waals surface area contributed by atoms with Crippen molar-refractivity contribution in [3.8, 4) is 0 Å². The van der Waals surface area contributed by atoms with Crippen molar-refractivity contribution in [1.82, 2.24) is 14.5 Å². The van der Waals surface area contributed by atoms with E-state index in [1.165, 1.54) is 0 Å². The first-order valence-electron chi connectivity index (χ1n) is 6.18. The van der Waals surface area contributed by atoms with E-state index >= 15 is 0 Å². The molecule has 110 valence electrons. The Bertz CT molecular complexity index is 762. The summed E-state index contributed by atoms with van der Waals surface area (Å²) >= 11 is 0. The SMILES string of the molecule is CCNc1ccc(Cn2cc([N+](=O)[O-])c(=O)[nH]c2=O)cn1. The number of nitro groups is 1. The molecule has 0 aliphatic rings. The van der Waals surface area contributed by atoms with Crippen molar-refractivity contribution >= 4 is 11.5 Å². The second kappa shape index (κ2) is 5.99. The van der Waals surface area contributed by atoms with Crippen LogP contribution in [0, 0.1) is 10.1 Å². The minimum atomic E-state index is -1.01. The summed E-state index contributed by atoms with van der Waals surface area (Å²) < 4.78 is 1.06. The van der Waals surface area contributed by atoms with Crippen LogP contribution < -0.4 is 16.6 Å². The van der Waals surface area contributed by atoms with E-state index in [1.54, 1.807) is 18.3 Å². The third kappa shape index (κ3) is 3.32. The van der Waals surface area contributed by atoms with Gasteiger partial charge in [-0.25, -0.2) is 9.78 Å². The molecule has 0 unspecified atom stereocenters. The molecule has 2 aromatic rings. The van der Waals surface area contributed by atoms with Gasteiger partial charge < -0.3 is 5.32 Å². The Labute approximate surface area is 118 Å². The van der Waals surface area contributed by atoms with Gasteiger partial charge >= 0.3 is 16.9 Å². The number of aromatic amines is 1. The Morgan fingerprint density at radius 1 is 1.43 bits per heavy atom. The van der Waals surface area contributed by atoms with E-state index in [1.807, 2.05) is 11.9 Å². The molecule has 2 rings (SSSR count). The van der Waals surface area contributed by atoms with Crippen LogP contribution in [-0.2, 0) is 6.54 Å². The van der Waals surface area contributed by atoms with Crippen molar-refractivity contribution in [3.63, 3.8) is 0 Å². The second-order valence-corrected chi connectivity index (χ2v) is 4.24. The standard InChI is InChI=1S/C12H13N5O4/c1-2-13-10-4-3-8(5-14-10)6-16-7-9(17(20)21)11(18)15-12(16)19/h3-5,7H,2,6H2,1H3,(H,13,14)(H,15,18,19). The highest BCUT2D eigenvalue weighted by Gasteiger charge is 2.14. The zero-order valence-electron chi connectivity index (χ0n) is 11.2. The third-order valence-electron chi connectivity index (χ3n) is 2.72. The quantitative estimate of drug-likeness (QED) is 0.604. The molecule has 0 saturated carbocycles. The van der Waals surface area contributed by atoms with Gasteiger partial charge in [0, 0.05) is 12.7 Å². The van der Waals surface area contributed by atoms with Gasteiger partial charge in [0.15, 0.2) is 0 Å². The fraction of sp³-hybridized carbons (Fsp3) is 0.250. The lowest BCUT2D eigenvalue weighted by Crippen LogP contribution is -2.31. The highest BCUT2D eigenvalue weighted by molar-refractivity contribution is 5.35. The summed E-state index contributed by atoms with van der Waals surface area (Å²) in [7, 11) is 0. The van der Waals surface area contributed by atoms with Crippen LogP contribution in [0.1, 0.15) is 12.5 Å². The van der Waals surface area contributed by atoms with Gasteiger partial charge in [0.05, 0.1) is 17.7 Å². The molecule has 21 heavy (non-hydrogen) atoms. The fourth-order valence-electron chi connectivity index (χ4n) is 1.75. The number of hydrogen-bond donors (Lipinski definition) is 2. The van der Waals surface area contributed by atoms with Gasteiger partial charge in [-0.3, -0.25) is 24.5 Å². The van der Waals surface area contributed by atoms with E-state index in [-0.39, 0.29) is 6.54 Å². The average molecular weight is 291 g/mol. The predicted octanol–water partition coefficient (Wildman–Crippen LogP) is 0.320. The lowest BCUT2D eigenvalue weighted by molar-refractivity contribution is -0.386. The van der Waals surface area contributed by atoms with Crippen molar-refractivity contribution in [2.45, 2.75) is 13.5 Å². The van der Waals surface area contributed by atoms with Crippen molar-refractivity contribution in [2.75, 3.05) is 11.9 Å². The summed E-state index contributed by atoms with van der Waals surface area (Å²) in [6.07, 6.45) is 2.49. The van der Waals surface area contributed by atoms with Crippen LogP contribution in [-0.4, -0.2) is 26.0 Å². The largest absolute Gasteiger partial charge is 0.370 e. The predicted molar refractivity (Wildman–Crippen MR) is 75.5 cm³/mol. The Hall–Kier alpha value is -2.97. The highest BCUT2D eigenvalue weighted by atomic mass is 16.6. The summed E-state index contributed by atoms with van der Waals surface area (Å²) in [5.74, 6) is 0.695. The monoisotopic (exact) mass is 291 g/mol. The van der Waals surface area contributed by atoms with Crippen molar-refractivity contribution < 1.29 is 4.92 Å². The van der Waals surface area contributed by atoms with Gasteiger partial charge in [-0.2, -0.15) is 0 Å². The Morgan fingerprint density at radius 2 is 2.19 bits per heavy atom. The summed E-state index contributed by atoms with van der Waals surface area (Å²) in [6, 6.07) is 3.48. The van der Waals surface area contributed by atoms with Gasteiger partial charge in [0.2, 0.25) is 0 Å². The van der Waals surface area contributed by atoms with E-state index < -0.39 is 21.9 Å². The van der Waals surface area contributed by atoms with Crippen molar-refractivity contribution in [1.29, 1.82) is 0 Å². The Morgan fingerprint density at radius 3 is 2.76 bits per heavy atom. The maximum atomic E-state index is 11.6. The molecule has 0 spiro atoms. The second-order valence-electron chi connectivity index (χ2n) is 4.24. The number of anilines is 1. The maximum Gasteiger partial charge on any atom is 0.350 e. The van der Waals surface area contributed by atoms with Crippen LogP contribution >= 0.6 is 0 Å². The summed E-state index contributed by atoms with van der Waals surface area (Å²) in [5, 5.41) is 13.7. The molecular weight excluding hydrogens is 278 g/mol. The van der Waals surface area contributed by atoms with E-state index in [0.29, 0.717) is 11.4 Å². The molecule has 0 radical (unpaired) electrons. The van der Waals surface area contributed by atoms with Gasteiger partial charge in [-0.05, 0) is 18.6 Å². The van der Waals surface area contributed by atoms with Crippen LogP contribution in [0.15, 0.2) is 34.1 Å². The number of pyridine rings is 1. The first-order valence-corrected chi connectivity index (χ1v) is 6.18. The van der Waals surface area contributed by atoms with E-state index in [2.05, 4.69) is 10.3 Å². The Kier molecular flexibility index (Phi) is 4.12. The maximum absolute atomic E-state index is 11.6. The van der Waals surface area contributed by atoms with E-state index in [4.69, 9.17) is 0 Å². The Balaban J connectivity index is 2.31. The number of H-pyrrole nitrogens is 1. The smallest absolute Gasteiger partial charge is 0.350 e.